The number of halogens is 2. The van der Waals surface area contributed by atoms with Crippen molar-refractivity contribution < 1.29 is 4.39 Å². The van der Waals surface area contributed by atoms with Crippen molar-refractivity contribution in [2.24, 2.45) is 11.8 Å². The molecule has 0 saturated carbocycles. The fraction of sp³-hybridized carbons (Fsp3) is 0.412. The number of rotatable bonds is 2. The van der Waals surface area contributed by atoms with Crippen LogP contribution in [0.25, 0.3) is 0 Å². The number of nitrogens with zero attached hydrogens (tertiary/aromatic N) is 5. The van der Waals surface area contributed by atoms with Crippen LogP contribution in [0, 0.1) is 35.9 Å². The van der Waals surface area contributed by atoms with Gasteiger partial charge in [-0.3, -0.25) is 9.78 Å². The van der Waals surface area contributed by atoms with E-state index in [4.69, 9.17) is 16.9 Å². The van der Waals surface area contributed by atoms with Crippen LogP contribution in [0.4, 0.5) is 16.2 Å². The first kappa shape index (κ1) is 16.8. The summed E-state index contributed by atoms with van der Waals surface area (Å²) in [4.78, 5) is 26.8. The van der Waals surface area contributed by atoms with Gasteiger partial charge in [0.05, 0.1) is 16.3 Å². The van der Waals surface area contributed by atoms with Gasteiger partial charge in [-0.15, -0.1) is 0 Å². The Morgan fingerprint density at radius 3 is 2.54 bits per heavy atom. The largest absolute Gasteiger partial charge is 0.355 e. The lowest BCUT2D eigenvalue weighted by molar-refractivity contribution is 0.533. The molecule has 0 radical (unpaired) electrons. The molecule has 0 aromatic carbocycles. The number of hydrogen-bond acceptors (Lipinski definition) is 6. The second kappa shape index (κ2) is 6.25. The van der Waals surface area contributed by atoms with Gasteiger partial charge in [0, 0.05) is 44.2 Å². The third-order valence-corrected chi connectivity index (χ3v) is 5.33. The van der Waals surface area contributed by atoms with Gasteiger partial charge in [-0.1, -0.05) is 11.6 Å². The number of aryl methyl sites for hydroxylation is 1. The lowest BCUT2D eigenvalue weighted by atomic mass is 10.0. The van der Waals surface area contributed by atoms with Gasteiger partial charge < -0.3 is 9.80 Å². The highest BCUT2D eigenvalue weighted by molar-refractivity contribution is 6.33. The number of aromatic amines is 1. The highest BCUT2D eigenvalue weighted by Crippen LogP contribution is 2.36. The van der Waals surface area contributed by atoms with E-state index in [2.05, 4.69) is 19.9 Å². The Labute approximate surface area is 154 Å². The Balaban J connectivity index is 1.50. The fourth-order valence-corrected chi connectivity index (χ4v) is 4.06. The first-order chi connectivity index (χ1) is 12.5. The molecule has 4 heterocycles. The molecule has 2 atom stereocenters. The van der Waals surface area contributed by atoms with Crippen molar-refractivity contribution >= 4 is 23.4 Å². The predicted molar refractivity (Wildman–Crippen MR) is 94.9 cm³/mol. The molecule has 134 valence electrons. The average Bonchev–Trinajstić information content (AvgIpc) is 3.18. The molecule has 2 saturated heterocycles. The van der Waals surface area contributed by atoms with Crippen LogP contribution in [0.15, 0.2) is 17.1 Å². The highest BCUT2D eigenvalue weighted by Gasteiger charge is 2.41. The van der Waals surface area contributed by atoms with Crippen LogP contribution in [-0.2, 0) is 0 Å². The van der Waals surface area contributed by atoms with E-state index in [-0.39, 0.29) is 5.69 Å². The number of fused-ring (bicyclic) bond motifs is 1. The summed E-state index contributed by atoms with van der Waals surface area (Å²) in [5.74, 6) is 1.03. The van der Waals surface area contributed by atoms with Gasteiger partial charge in [-0.25, -0.2) is 9.97 Å². The topological polar surface area (TPSA) is 88.9 Å². The van der Waals surface area contributed by atoms with Crippen molar-refractivity contribution in [3.8, 4) is 6.07 Å². The van der Waals surface area contributed by atoms with Gasteiger partial charge in [-0.2, -0.15) is 9.65 Å². The normalized spacial score (nSPS) is 21.8. The molecular weight excluding hydrogens is 359 g/mol. The molecule has 2 unspecified atom stereocenters. The summed E-state index contributed by atoms with van der Waals surface area (Å²) in [5, 5.41) is 9.39. The van der Waals surface area contributed by atoms with E-state index < -0.39 is 11.4 Å². The lowest BCUT2D eigenvalue weighted by Crippen LogP contribution is -2.32. The lowest BCUT2D eigenvalue weighted by Gasteiger charge is -2.23. The van der Waals surface area contributed by atoms with E-state index in [1.807, 2.05) is 11.0 Å². The highest BCUT2D eigenvalue weighted by atomic mass is 35.5. The molecule has 7 nitrogen and oxygen atoms in total. The number of anilines is 2. The average molecular weight is 375 g/mol. The Kier molecular flexibility index (Phi) is 4.04. The Hall–Kier alpha value is -2.66. The molecule has 0 aliphatic carbocycles. The Morgan fingerprint density at radius 2 is 1.96 bits per heavy atom. The first-order valence-electron chi connectivity index (χ1n) is 8.28. The first-order valence-corrected chi connectivity index (χ1v) is 8.66. The van der Waals surface area contributed by atoms with Crippen LogP contribution in [0.5, 0.6) is 0 Å². The van der Waals surface area contributed by atoms with Crippen LogP contribution >= 0.6 is 11.6 Å². The van der Waals surface area contributed by atoms with Crippen LogP contribution in [0.1, 0.15) is 11.3 Å². The number of aromatic nitrogens is 3. The number of pyridine rings is 1. The molecule has 2 fully saturated rings. The zero-order chi connectivity index (χ0) is 18.4. The van der Waals surface area contributed by atoms with E-state index in [0.717, 1.165) is 26.2 Å². The summed E-state index contributed by atoms with van der Waals surface area (Å²) in [6.07, 6.45) is 1.53. The quantitative estimate of drug-likeness (QED) is 0.860. The zero-order valence-electron chi connectivity index (χ0n) is 14.0. The maximum absolute atomic E-state index is 13.5. The molecule has 2 aromatic rings. The van der Waals surface area contributed by atoms with Crippen LogP contribution < -0.4 is 15.4 Å². The van der Waals surface area contributed by atoms with Crippen LogP contribution in [-0.4, -0.2) is 41.1 Å². The minimum absolute atomic E-state index is 0.107. The molecule has 1 N–H and O–H groups in total. The molecule has 0 spiro atoms. The molecule has 9 heteroatoms. The van der Waals surface area contributed by atoms with E-state index in [1.54, 1.807) is 6.07 Å². The summed E-state index contributed by atoms with van der Waals surface area (Å²) in [6.45, 7) is 4.51. The predicted octanol–water partition coefficient (Wildman–Crippen LogP) is 1.71. The van der Waals surface area contributed by atoms with Gasteiger partial charge >= 0.3 is 0 Å². The van der Waals surface area contributed by atoms with E-state index in [9.17, 15) is 9.18 Å². The van der Waals surface area contributed by atoms with Gasteiger partial charge in [0.25, 0.3) is 5.56 Å². The van der Waals surface area contributed by atoms with Crippen molar-refractivity contribution in [1.82, 2.24) is 15.0 Å². The second-order valence-electron chi connectivity index (χ2n) is 6.76. The second-order valence-corrected chi connectivity index (χ2v) is 7.17. The summed E-state index contributed by atoms with van der Waals surface area (Å²) in [7, 11) is 0. The van der Waals surface area contributed by atoms with Crippen molar-refractivity contribution in [3.63, 3.8) is 0 Å². The zero-order valence-corrected chi connectivity index (χ0v) is 14.8. The maximum atomic E-state index is 13.5. The molecule has 0 bridgehead atoms. The minimum atomic E-state index is -0.833. The maximum Gasteiger partial charge on any atom is 0.288 e. The summed E-state index contributed by atoms with van der Waals surface area (Å²) in [6, 6.07) is 3.65. The SMILES string of the molecule is Cc1nc(N2CC3CN(c4ncc(C#N)cc4Cl)CC3C2)[nH]c(=O)c1F. The number of nitrogens with one attached hydrogen (secondary N) is 1. The van der Waals surface area contributed by atoms with Gasteiger partial charge in [0.15, 0.2) is 0 Å². The molecule has 2 aliphatic heterocycles. The van der Waals surface area contributed by atoms with E-state index >= 15 is 0 Å². The summed E-state index contributed by atoms with van der Waals surface area (Å²) >= 11 is 6.27. The van der Waals surface area contributed by atoms with Gasteiger partial charge in [-0.05, 0) is 13.0 Å². The molecular formula is C17H16ClFN6O. The molecule has 4 rings (SSSR count). The van der Waals surface area contributed by atoms with Crippen LogP contribution in [0.2, 0.25) is 5.02 Å². The number of nitriles is 1. The van der Waals surface area contributed by atoms with Gasteiger partial charge in [0.2, 0.25) is 11.8 Å². The van der Waals surface area contributed by atoms with Crippen molar-refractivity contribution in [2.75, 3.05) is 36.0 Å². The smallest absolute Gasteiger partial charge is 0.288 e. The number of hydrogen-bond donors (Lipinski definition) is 1. The molecule has 0 amide bonds. The molecule has 2 aliphatic rings. The fourth-order valence-electron chi connectivity index (χ4n) is 3.77. The van der Waals surface area contributed by atoms with E-state index in [0.29, 0.717) is 34.2 Å². The minimum Gasteiger partial charge on any atom is -0.355 e. The number of H-pyrrole nitrogens is 1. The van der Waals surface area contributed by atoms with Crippen molar-refractivity contribution in [2.45, 2.75) is 6.92 Å². The molecule has 26 heavy (non-hydrogen) atoms. The van der Waals surface area contributed by atoms with Crippen molar-refractivity contribution in [1.29, 1.82) is 5.26 Å². The Bertz CT molecular complexity index is 957. The standard InChI is InChI=1S/C17H16ClFN6O/c1-9-14(19)16(26)23-17(22-9)25-7-11-5-24(6-12(11)8-25)15-13(18)2-10(3-20)4-21-15/h2,4,11-12H,5-8H2,1H3,(H,22,23,26). The van der Waals surface area contributed by atoms with Crippen molar-refractivity contribution in [3.05, 3.63) is 44.7 Å². The third kappa shape index (κ3) is 2.78. The van der Waals surface area contributed by atoms with Gasteiger partial charge in [0.1, 0.15) is 11.9 Å². The van der Waals surface area contributed by atoms with Crippen LogP contribution in [0.3, 0.4) is 0 Å². The van der Waals surface area contributed by atoms with E-state index in [1.165, 1.54) is 13.1 Å². The third-order valence-electron chi connectivity index (χ3n) is 5.05. The Morgan fingerprint density at radius 1 is 1.31 bits per heavy atom. The summed E-state index contributed by atoms with van der Waals surface area (Å²) in [5.41, 5.74) is -0.193. The monoisotopic (exact) mass is 374 g/mol. The molecule has 2 aromatic heterocycles. The summed E-state index contributed by atoms with van der Waals surface area (Å²) < 4.78 is 13.5.